The number of hydrogen-bond acceptors (Lipinski definition) is 2. The van der Waals surface area contributed by atoms with Crippen molar-refractivity contribution in [2.24, 2.45) is 5.92 Å². The van der Waals surface area contributed by atoms with Crippen molar-refractivity contribution in [1.29, 1.82) is 0 Å². The van der Waals surface area contributed by atoms with E-state index in [0.29, 0.717) is 24.9 Å². The monoisotopic (exact) mass is 366 g/mol. The third-order valence-corrected chi connectivity index (χ3v) is 5.63. The first-order chi connectivity index (χ1) is 13.1. The third kappa shape index (κ3) is 3.72. The van der Waals surface area contributed by atoms with Crippen molar-refractivity contribution in [3.8, 4) is 0 Å². The van der Waals surface area contributed by atoms with E-state index in [1.807, 2.05) is 30.3 Å². The lowest BCUT2D eigenvalue weighted by atomic mass is 9.94. The van der Waals surface area contributed by atoms with Crippen molar-refractivity contribution in [3.63, 3.8) is 0 Å². The highest BCUT2D eigenvalue weighted by atomic mass is 19.1. The minimum absolute atomic E-state index is 0.0117. The molecule has 140 valence electrons. The maximum absolute atomic E-state index is 13.9. The van der Waals surface area contributed by atoms with Crippen LogP contribution in [0.1, 0.15) is 36.8 Å². The highest BCUT2D eigenvalue weighted by Gasteiger charge is 2.46. The molecule has 1 saturated carbocycles. The van der Waals surface area contributed by atoms with E-state index in [1.165, 1.54) is 6.07 Å². The second kappa shape index (κ2) is 7.14. The Morgan fingerprint density at radius 1 is 1.11 bits per heavy atom. The molecule has 2 amide bonds. The first-order valence-electron chi connectivity index (χ1n) is 9.46. The molecule has 0 aromatic heterocycles. The van der Waals surface area contributed by atoms with Crippen LogP contribution in [0.2, 0.25) is 0 Å². The van der Waals surface area contributed by atoms with Crippen LogP contribution in [0.25, 0.3) is 0 Å². The lowest BCUT2D eigenvalue weighted by Crippen LogP contribution is -2.47. The summed E-state index contributed by atoms with van der Waals surface area (Å²) in [5.74, 6) is -0.609. The number of amides is 2. The van der Waals surface area contributed by atoms with Gasteiger partial charge < -0.3 is 10.2 Å². The fraction of sp³-hybridized carbons (Fsp3) is 0.364. The molecule has 1 unspecified atom stereocenters. The van der Waals surface area contributed by atoms with Crippen molar-refractivity contribution < 1.29 is 14.0 Å². The highest BCUT2D eigenvalue weighted by Crippen LogP contribution is 2.45. The number of carbonyl (C=O) groups excluding carboxylic acids is 2. The maximum Gasteiger partial charge on any atom is 0.225 e. The van der Waals surface area contributed by atoms with Gasteiger partial charge in [-0.3, -0.25) is 9.59 Å². The molecule has 0 spiro atoms. The van der Waals surface area contributed by atoms with Crippen LogP contribution < -0.4 is 5.32 Å². The zero-order valence-electron chi connectivity index (χ0n) is 15.2. The van der Waals surface area contributed by atoms with Gasteiger partial charge in [0.05, 0.1) is 11.5 Å². The molecule has 1 aliphatic heterocycles. The Bertz CT molecular complexity index is 848. The van der Waals surface area contributed by atoms with Gasteiger partial charge in [0.25, 0.3) is 0 Å². The van der Waals surface area contributed by atoms with Gasteiger partial charge in [0.2, 0.25) is 11.8 Å². The predicted molar refractivity (Wildman–Crippen MR) is 100 cm³/mol. The number of piperidine rings is 1. The van der Waals surface area contributed by atoms with Crippen LogP contribution in [0.4, 0.5) is 4.39 Å². The van der Waals surface area contributed by atoms with Gasteiger partial charge in [-0.15, -0.1) is 0 Å². The summed E-state index contributed by atoms with van der Waals surface area (Å²) >= 11 is 0. The Balaban J connectivity index is 1.43. The Hall–Kier alpha value is -2.69. The Morgan fingerprint density at radius 3 is 2.52 bits per heavy atom. The number of nitrogens with one attached hydrogen (secondary N) is 1. The maximum atomic E-state index is 13.9. The molecule has 27 heavy (non-hydrogen) atoms. The number of nitrogens with zero attached hydrogens (tertiary/aromatic N) is 1. The quantitative estimate of drug-likeness (QED) is 0.882. The number of likely N-dealkylation sites (tertiary alicyclic amines) is 1. The Morgan fingerprint density at radius 2 is 1.81 bits per heavy atom. The van der Waals surface area contributed by atoms with Gasteiger partial charge in [0.15, 0.2) is 0 Å². The summed E-state index contributed by atoms with van der Waals surface area (Å²) in [6.45, 7) is 0.545. The van der Waals surface area contributed by atoms with Gasteiger partial charge in [-0.25, -0.2) is 4.39 Å². The summed E-state index contributed by atoms with van der Waals surface area (Å²) in [6.07, 6.45) is 2.74. The number of rotatable bonds is 5. The number of benzene rings is 2. The van der Waals surface area contributed by atoms with Gasteiger partial charge in [-0.1, -0.05) is 48.5 Å². The van der Waals surface area contributed by atoms with Crippen molar-refractivity contribution in [2.45, 2.75) is 37.8 Å². The molecule has 4 nitrogen and oxygen atoms in total. The van der Waals surface area contributed by atoms with Crippen LogP contribution in [0.15, 0.2) is 54.6 Å². The van der Waals surface area contributed by atoms with E-state index in [4.69, 9.17) is 0 Å². The molecule has 1 saturated heterocycles. The van der Waals surface area contributed by atoms with Crippen LogP contribution in [0, 0.1) is 11.7 Å². The molecule has 1 heterocycles. The summed E-state index contributed by atoms with van der Waals surface area (Å²) in [5.41, 5.74) is 1.36. The van der Waals surface area contributed by atoms with Crippen molar-refractivity contribution in [2.75, 3.05) is 6.54 Å². The summed E-state index contributed by atoms with van der Waals surface area (Å²) in [5, 5.41) is 3.21. The fourth-order valence-electron chi connectivity index (χ4n) is 3.82. The van der Waals surface area contributed by atoms with Gasteiger partial charge in [-0.05, 0) is 30.9 Å². The van der Waals surface area contributed by atoms with E-state index in [2.05, 4.69) is 5.32 Å². The first-order valence-corrected chi connectivity index (χ1v) is 9.46. The topological polar surface area (TPSA) is 49.4 Å². The van der Waals surface area contributed by atoms with E-state index < -0.39 is 0 Å². The predicted octanol–water partition coefficient (Wildman–Crippen LogP) is 3.37. The molecule has 1 N–H and O–H groups in total. The molecule has 1 aliphatic carbocycles. The van der Waals surface area contributed by atoms with Crippen LogP contribution in [-0.2, 0) is 21.7 Å². The normalized spacial score (nSPS) is 21.0. The third-order valence-electron chi connectivity index (χ3n) is 5.63. The minimum atomic E-state index is -0.321. The van der Waals surface area contributed by atoms with Crippen LogP contribution in [0.5, 0.6) is 0 Å². The molecule has 5 heteroatoms. The van der Waals surface area contributed by atoms with E-state index in [0.717, 1.165) is 18.4 Å². The number of hydrogen-bond donors (Lipinski definition) is 1. The van der Waals surface area contributed by atoms with E-state index in [1.54, 1.807) is 23.1 Å². The van der Waals surface area contributed by atoms with Gasteiger partial charge >= 0.3 is 0 Å². The van der Waals surface area contributed by atoms with E-state index >= 15 is 0 Å². The average Bonchev–Trinajstić information content (AvgIpc) is 3.46. The summed E-state index contributed by atoms with van der Waals surface area (Å²) in [4.78, 5) is 26.7. The smallest absolute Gasteiger partial charge is 0.225 e. The second-order valence-electron chi connectivity index (χ2n) is 7.54. The standard InChI is InChI=1S/C22H23FN2O2/c23-19-9-5-4-6-16(19)14-25-15-17(10-11-20(25)26)21(27)24-22(12-13-22)18-7-2-1-3-8-18/h1-9,17H,10-15H2,(H,24,27). The van der Waals surface area contributed by atoms with Gasteiger partial charge in [0.1, 0.15) is 5.82 Å². The van der Waals surface area contributed by atoms with Crippen molar-refractivity contribution in [3.05, 3.63) is 71.5 Å². The molecule has 4 rings (SSSR count). The molecule has 1 atom stereocenters. The lowest BCUT2D eigenvalue weighted by Gasteiger charge is -2.33. The van der Waals surface area contributed by atoms with Gasteiger partial charge in [-0.2, -0.15) is 0 Å². The fourth-order valence-corrected chi connectivity index (χ4v) is 3.82. The van der Waals surface area contributed by atoms with Crippen LogP contribution >= 0.6 is 0 Å². The summed E-state index contributed by atoms with van der Waals surface area (Å²) in [6, 6.07) is 16.5. The molecule has 2 aliphatic rings. The number of halogens is 1. The Kier molecular flexibility index (Phi) is 4.68. The lowest BCUT2D eigenvalue weighted by molar-refractivity contribution is -0.139. The van der Waals surface area contributed by atoms with E-state index in [-0.39, 0.29) is 35.6 Å². The first kappa shape index (κ1) is 17.7. The largest absolute Gasteiger partial charge is 0.346 e. The summed E-state index contributed by atoms with van der Waals surface area (Å²) in [7, 11) is 0. The van der Waals surface area contributed by atoms with Crippen molar-refractivity contribution in [1.82, 2.24) is 10.2 Å². The van der Waals surface area contributed by atoms with Crippen LogP contribution in [-0.4, -0.2) is 23.3 Å². The number of carbonyl (C=O) groups is 2. The molecule has 2 aromatic rings. The zero-order valence-corrected chi connectivity index (χ0v) is 15.2. The SMILES string of the molecule is O=C(NC1(c2ccccc2)CC1)C1CCC(=O)N(Cc2ccccc2F)C1. The molecule has 2 aromatic carbocycles. The highest BCUT2D eigenvalue weighted by molar-refractivity contribution is 5.84. The molecular formula is C22H23FN2O2. The second-order valence-corrected chi connectivity index (χ2v) is 7.54. The van der Waals surface area contributed by atoms with E-state index in [9.17, 15) is 14.0 Å². The molecule has 2 fully saturated rings. The van der Waals surface area contributed by atoms with Gasteiger partial charge in [0, 0.05) is 25.1 Å². The average molecular weight is 366 g/mol. The van der Waals surface area contributed by atoms with Crippen molar-refractivity contribution >= 4 is 11.8 Å². The molecule has 0 radical (unpaired) electrons. The Labute approximate surface area is 158 Å². The van der Waals surface area contributed by atoms with Crippen LogP contribution in [0.3, 0.4) is 0 Å². The zero-order chi connectivity index (χ0) is 18.9. The summed E-state index contributed by atoms with van der Waals surface area (Å²) < 4.78 is 13.9. The minimum Gasteiger partial charge on any atom is -0.346 e. The molecule has 0 bridgehead atoms. The molecular weight excluding hydrogens is 343 g/mol.